The molecule has 12 heteroatoms. The molecule has 0 aromatic rings. The van der Waals surface area contributed by atoms with Crippen LogP contribution in [0.5, 0.6) is 0 Å². The number of nitrogens with one attached hydrogen (secondary N) is 3. The maximum atomic E-state index is 12.0. The van der Waals surface area contributed by atoms with Crippen molar-refractivity contribution < 1.29 is 39.3 Å². The van der Waals surface area contributed by atoms with Crippen molar-refractivity contribution >= 4 is 29.7 Å². The van der Waals surface area contributed by atoms with Gasteiger partial charge in [0.15, 0.2) is 0 Å². The maximum absolute atomic E-state index is 12.0. The summed E-state index contributed by atoms with van der Waals surface area (Å²) in [6, 6.07) is -4.87. The fourth-order valence-electron chi connectivity index (χ4n) is 1.82. The Hall–Kier alpha value is -2.73. The first-order valence-corrected chi connectivity index (χ1v) is 8.16. The number of nitrogens with two attached hydrogens (primary N) is 1. The minimum absolute atomic E-state index is 0.319. The van der Waals surface area contributed by atoms with Gasteiger partial charge in [0, 0.05) is 6.42 Å². The van der Waals surface area contributed by atoms with Gasteiger partial charge in [0.2, 0.25) is 17.7 Å². The molecule has 0 spiro atoms. The maximum Gasteiger partial charge on any atom is 0.326 e. The van der Waals surface area contributed by atoms with Gasteiger partial charge in [0.25, 0.3) is 0 Å². The number of carboxylic acid groups (broad SMARTS) is 2. The van der Waals surface area contributed by atoms with Crippen molar-refractivity contribution in [2.24, 2.45) is 5.73 Å². The van der Waals surface area contributed by atoms with E-state index in [4.69, 9.17) is 15.9 Å². The van der Waals surface area contributed by atoms with E-state index in [0.717, 1.165) is 0 Å². The number of carbonyl (C=O) groups is 5. The first-order valence-electron chi connectivity index (χ1n) is 8.16. The van der Waals surface area contributed by atoms with E-state index in [1.54, 1.807) is 0 Å². The lowest BCUT2D eigenvalue weighted by atomic mass is 10.1. The van der Waals surface area contributed by atoms with Gasteiger partial charge in [-0.1, -0.05) is 0 Å². The van der Waals surface area contributed by atoms with Crippen molar-refractivity contribution in [1.82, 2.24) is 16.0 Å². The summed E-state index contributed by atoms with van der Waals surface area (Å²) in [5.74, 6) is -4.95. The number of carboxylic acids is 2. The molecule has 0 aromatic carbocycles. The van der Waals surface area contributed by atoms with E-state index in [9.17, 15) is 29.1 Å². The topological polar surface area (TPSA) is 208 Å². The van der Waals surface area contributed by atoms with Crippen LogP contribution < -0.4 is 21.7 Å². The van der Waals surface area contributed by atoms with E-state index in [2.05, 4.69) is 16.0 Å². The Morgan fingerprint density at radius 2 is 1.30 bits per heavy atom. The number of aliphatic carboxylic acids is 2. The Kier molecular flexibility index (Phi) is 9.96. The van der Waals surface area contributed by atoms with Gasteiger partial charge >= 0.3 is 11.9 Å². The van der Waals surface area contributed by atoms with Crippen LogP contribution in [0.15, 0.2) is 0 Å². The Morgan fingerprint density at radius 3 is 1.70 bits per heavy atom. The van der Waals surface area contributed by atoms with Crippen LogP contribution >= 0.6 is 0 Å². The van der Waals surface area contributed by atoms with Crippen LogP contribution in [0.1, 0.15) is 33.6 Å². The number of rotatable bonds is 11. The van der Waals surface area contributed by atoms with Crippen LogP contribution in [-0.4, -0.2) is 75.3 Å². The lowest BCUT2D eigenvalue weighted by Gasteiger charge is -2.22. The molecule has 0 fully saturated rings. The van der Waals surface area contributed by atoms with Gasteiger partial charge in [0.1, 0.15) is 24.2 Å². The smallest absolute Gasteiger partial charge is 0.326 e. The van der Waals surface area contributed by atoms with Crippen molar-refractivity contribution in [1.29, 1.82) is 0 Å². The Bertz CT molecular complexity index is 580. The average molecular weight is 390 g/mol. The normalized spacial score (nSPS) is 16.2. The Balaban J connectivity index is 4.67. The van der Waals surface area contributed by atoms with Gasteiger partial charge in [-0.3, -0.25) is 19.2 Å². The molecule has 5 atom stereocenters. The molecule has 0 aliphatic carbocycles. The highest BCUT2D eigenvalue weighted by molar-refractivity contribution is 5.93. The second kappa shape index (κ2) is 11.1. The molecule has 154 valence electrons. The molecule has 0 heterocycles. The molecule has 0 aliphatic rings. The SMILES string of the molecule is CC(NC(=O)C(C)NC(=O)C(N)C(C)O)C(=O)NC(CCC(=O)O)C(=O)O. The summed E-state index contributed by atoms with van der Waals surface area (Å²) in [7, 11) is 0. The third-order valence-electron chi connectivity index (χ3n) is 3.59. The third kappa shape index (κ3) is 8.96. The molecule has 0 bridgehead atoms. The van der Waals surface area contributed by atoms with Gasteiger partial charge < -0.3 is 37.0 Å². The van der Waals surface area contributed by atoms with E-state index >= 15 is 0 Å². The van der Waals surface area contributed by atoms with E-state index in [1.807, 2.05) is 0 Å². The van der Waals surface area contributed by atoms with Gasteiger partial charge in [-0.15, -0.1) is 0 Å². The third-order valence-corrected chi connectivity index (χ3v) is 3.59. The second-order valence-corrected chi connectivity index (χ2v) is 6.06. The summed E-state index contributed by atoms with van der Waals surface area (Å²) in [6.45, 7) is 3.93. The van der Waals surface area contributed by atoms with Crippen molar-refractivity contribution in [3.63, 3.8) is 0 Å². The number of carbonyl (C=O) groups excluding carboxylic acids is 3. The monoisotopic (exact) mass is 390 g/mol. The molecular formula is C15H26N4O8. The molecule has 0 saturated carbocycles. The molecule has 8 N–H and O–H groups in total. The molecule has 5 unspecified atom stereocenters. The molecular weight excluding hydrogens is 364 g/mol. The average Bonchev–Trinajstić information content (AvgIpc) is 2.56. The predicted molar refractivity (Wildman–Crippen MR) is 91.3 cm³/mol. The minimum atomic E-state index is -1.42. The molecule has 0 radical (unpaired) electrons. The minimum Gasteiger partial charge on any atom is -0.481 e. The van der Waals surface area contributed by atoms with E-state index in [-0.39, 0.29) is 6.42 Å². The van der Waals surface area contributed by atoms with E-state index < -0.39 is 66.4 Å². The number of hydrogen-bond donors (Lipinski definition) is 7. The largest absolute Gasteiger partial charge is 0.481 e. The van der Waals surface area contributed by atoms with Crippen LogP contribution in [0.25, 0.3) is 0 Å². The number of amides is 3. The lowest BCUT2D eigenvalue weighted by molar-refractivity contribution is -0.143. The summed E-state index contributed by atoms with van der Waals surface area (Å²) in [6.07, 6.45) is -1.89. The quantitative estimate of drug-likeness (QED) is 0.193. The highest BCUT2D eigenvalue weighted by Gasteiger charge is 2.27. The highest BCUT2D eigenvalue weighted by atomic mass is 16.4. The fraction of sp³-hybridized carbons (Fsp3) is 0.667. The molecule has 12 nitrogen and oxygen atoms in total. The zero-order valence-electron chi connectivity index (χ0n) is 15.3. The lowest BCUT2D eigenvalue weighted by Crippen LogP contribution is -2.56. The van der Waals surface area contributed by atoms with Crippen LogP contribution in [0.3, 0.4) is 0 Å². The summed E-state index contributed by atoms with van der Waals surface area (Å²) in [4.78, 5) is 57.3. The summed E-state index contributed by atoms with van der Waals surface area (Å²) < 4.78 is 0. The summed E-state index contributed by atoms with van der Waals surface area (Å²) in [5, 5.41) is 33.5. The first-order chi connectivity index (χ1) is 12.4. The van der Waals surface area contributed by atoms with Crippen LogP contribution in [-0.2, 0) is 24.0 Å². The highest BCUT2D eigenvalue weighted by Crippen LogP contribution is 1.99. The van der Waals surface area contributed by atoms with Gasteiger partial charge in [-0.2, -0.15) is 0 Å². The molecule has 27 heavy (non-hydrogen) atoms. The van der Waals surface area contributed by atoms with Crippen LogP contribution in [0, 0.1) is 0 Å². The fourth-order valence-corrected chi connectivity index (χ4v) is 1.82. The number of hydrogen-bond acceptors (Lipinski definition) is 7. The van der Waals surface area contributed by atoms with E-state index in [0.29, 0.717) is 0 Å². The van der Waals surface area contributed by atoms with Crippen molar-refractivity contribution in [2.45, 2.75) is 63.9 Å². The van der Waals surface area contributed by atoms with Crippen molar-refractivity contribution in [3.8, 4) is 0 Å². The van der Waals surface area contributed by atoms with Crippen LogP contribution in [0.4, 0.5) is 0 Å². The first kappa shape index (κ1) is 24.3. The van der Waals surface area contributed by atoms with Gasteiger partial charge in [-0.05, 0) is 27.2 Å². The van der Waals surface area contributed by atoms with E-state index in [1.165, 1.54) is 20.8 Å². The summed E-state index contributed by atoms with van der Waals surface area (Å²) >= 11 is 0. The van der Waals surface area contributed by atoms with Crippen molar-refractivity contribution in [3.05, 3.63) is 0 Å². The summed E-state index contributed by atoms with van der Waals surface area (Å²) in [5.41, 5.74) is 5.44. The van der Waals surface area contributed by atoms with Gasteiger partial charge in [-0.25, -0.2) is 4.79 Å². The molecule has 0 rings (SSSR count). The zero-order valence-corrected chi connectivity index (χ0v) is 15.3. The molecule has 0 aromatic heterocycles. The number of aliphatic hydroxyl groups excluding tert-OH is 1. The van der Waals surface area contributed by atoms with Crippen LogP contribution in [0.2, 0.25) is 0 Å². The van der Waals surface area contributed by atoms with Crippen molar-refractivity contribution in [2.75, 3.05) is 0 Å². The predicted octanol–water partition coefficient (Wildman–Crippen LogP) is -2.86. The zero-order chi connectivity index (χ0) is 21.3. The Morgan fingerprint density at radius 1 is 0.852 bits per heavy atom. The second-order valence-electron chi connectivity index (χ2n) is 6.06. The molecule has 0 aliphatic heterocycles. The molecule has 0 saturated heterocycles. The number of aliphatic hydroxyl groups is 1. The Labute approximate surface area is 155 Å². The standard InChI is InChI=1S/C15H26N4O8/c1-6(18-14(25)11(16)8(3)20)12(23)17-7(2)13(24)19-9(15(26)27)4-5-10(21)22/h6-9,11,20H,4-5,16H2,1-3H3,(H,17,23)(H,18,25)(H,19,24)(H,21,22)(H,26,27). The van der Waals surface area contributed by atoms with Gasteiger partial charge in [0.05, 0.1) is 6.10 Å². The molecule has 3 amide bonds.